The number of halogens is 2. The molecule has 20 heavy (non-hydrogen) atoms. The minimum absolute atomic E-state index is 0.208. The van der Waals surface area contributed by atoms with Crippen LogP contribution in [0.4, 0.5) is 4.39 Å². The Hall–Kier alpha value is -0.690. The molecule has 0 unspecified atom stereocenters. The molecule has 1 aliphatic rings. The molecule has 0 amide bonds. The van der Waals surface area contributed by atoms with E-state index in [0.29, 0.717) is 12.5 Å². The van der Waals surface area contributed by atoms with Gasteiger partial charge in [0.2, 0.25) is 10.0 Å². The van der Waals surface area contributed by atoms with Crippen LogP contribution in [0.2, 0.25) is 5.02 Å². The molecule has 2 N–H and O–H groups in total. The van der Waals surface area contributed by atoms with Crippen LogP contribution in [0, 0.1) is 11.7 Å². The average Bonchev–Trinajstić information content (AvgIpc) is 3.17. The quantitative estimate of drug-likeness (QED) is 0.810. The second-order valence-electron chi connectivity index (χ2n) is 5.04. The monoisotopic (exact) mass is 320 g/mol. The highest BCUT2D eigenvalue weighted by molar-refractivity contribution is 7.89. The van der Waals surface area contributed by atoms with Crippen molar-refractivity contribution in [2.24, 2.45) is 5.92 Å². The number of nitrogens with one attached hydrogen (secondary N) is 2. The van der Waals surface area contributed by atoms with Crippen molar-refractivity contribution in [2.75, 3.05) is 13.6 Å². The van der Waals surface area contributed by atoms with Crippen LogP contribution in [0.15, 0.2) is 17.0 Å². The standard InChI is InChI=1S/C13H18ClFN2O2S/c1-16-8-10-6-11(14)7-12(13(10)15)20(18,19)17-5-4-9-2-3-9/h6-7,9,16-17H,2-5,8H2,1H3. The third-order valence-electron chi connectivity index (χ3n) is 3.28. The van der Waals surface area contributed by atoms with Crippen molar-refractivity contribution in [3.63, 3.8) is 0 Å². The molecule has 1 aliphatic carbocycles. The lowest BCUT2D eigenvalue weighted by Crippen LogP contribution is -2.26. The van der Waals surface area contributed by atoms with Gasteiger partial charge in [-0.25, -0.2) is 17.5 Å². The summed E-state index contributed by atoms with van der Waals surface area (Å²) < 4.78 is 40.9. The molecule has 0 spiro atoms. The van der Waals surface area contributed by atoms with Crippen molar-refractivity contribution in [1.29, 1.82) is 0 Å². The number of rotatable bonds is 7. The SMILES string of the molecule is CNCc1cc(Cl)cc(S(=O)(=O)NCCC2CC2)c1F. The van der Waals surface area contributed by atoms with E-state index in [9.17, 15) is 12.8 Å². The maximum atomic E-state index is 14.2. The lowest BCUT2D eigenvalue weighted by atomic mass is 10.2. The summed E-state index contributed by atoms with van der Waals surface area (Å²) in [6.45, 7) is 0.553. The molecule has 0 atom stereocenters. The molecule has 1 aromatic rings. The molecule has 1 fully saturated rings. The van der Waals surface area contributed by atoms with E-state index < -0.39 is 15.8 Å². The Morgan fingerprint density at radius 3 is 2.70 bits per heavy atom. The zero-order valence-corrected chi connectivity index (χ0v) is 12.8. The predicted molar refractivity (Wildman–Crippen MR) is 76.7 cm³/mol. The van der Waals surface area contributed by atoms with Crippen molar-refractivity contribution in [2.45, 2.75) is 30.7 Å². The highest BCUT2D eigenvalue weighted by atomic mass is 35.5. The van der Waals surface area contributed by atoms with E-state index in [4.69, 9.17) is 11.6 Å². The summed E-state index contributed by atoms with van der Waals surface area (Å²) in [5.41, 5.74) is 0.238. The molecular formula is C13H18ClFN2O2S. The van der Waals surface area contributed by atoms with Gasteiger partial charge in [0, 0.05) is 23.7 Å². The van der Waals surface area contributed by atoms with Crippen LogP contribution in [0.3, 0.4) is 0 Å². The van der Waals surface area contributed by atoms with Crippen LogP contribution < -0.4 is 10.0 Å². The fraction of sp³-hybridized carbons (Fsp3) is 0.538. The van der Waals surface area contributed by atoms with Gasteiger partial charge in [0.1, 0.15) is 10.7 Å². The Morgan fingerprint density at radius 2 is 2.10 bits per heavy atom. The van der Waals surface area contributed by atoms with Gasteiger partial charge in [-0.1, -0.05) is 24.4 Å². The maximum Gasteiger partial charge on any atom is 0.243 e. The zero-order valence-electron chi connectivity index (χ0n) is 11.2. The minimum Gasteiger partial charge on any atom is -0.316 e. The van der Waals surface area contributed by atoms with E-state index in [-0.39, 0.29) is 22.0 Å². The first-order chi connectivity index (χ1) is 9.44. The van der Waals surface area contributed by atoms with Gasteiger partial charge >= 0.3 is 0 Å². The topological polar surface area (TPSA) is 58.2 Å². The first-order valence-corrected chi connectivity index (χ1v) is 8.42. The van der Waals surface area contributed by atoms with Gasteiger partial charge < -0.3 is 5.32 Å². The van der Waals surface area contributed by atoms with E-state index in [1.54, 1.807) is 7.05 Å². The number of hydrogen-bond donors (Lipinski definition) is 2. The van der Waals surface area contributed by atoms with Crippen molar-refractivity contribution in [3.05, 3.63) is 28.5 Å². The fourth-order valence-corrected chi connectivity index (χ4v) is 3.51. The maximum absolute atomic E-state index is 14.2. The lowest BCUT2D eigenvalue weighted by molar-refractivity contribution is 0.543. The molecule has 1 saturated carbocycles. The Morgan fingerprint density at radius 1 is 1.40 bits per heavy atom. The number of sulfonamides is 1. The van der Waals surface area contributed by atoms with Crippen molar-refractivity contribution >= 4 is 21.6 Å². The van der Waals surface area contributed by atoms with Gasteiger partial charge in [-0.3, -0.25) is 0 Å². The molecule has 0 saturated heterocycles. The molecule has 0 bridgehead atoms. The van der Waals surface area contributed by atoms with Gasteiger partial charge in [0.25, 0.3) is 0 Å². The van der Waals surface area contributed by atoms with Crippen LogP contribution in [0.1, 0.15) is 24.8 Å². The predicted octanol–water partition coefficient (Wildman–Crippen LogP) is 2.28. The molecule has 2 rings (SSSR count). The normalized spacial score (nSPS) is 15.6. The molecule has 0 heterocycles. The lowest BCUT2D eigenvalue weighted by Gasteiger charge is -2.11. The van der Waals surface area contributed by atoms with Gasteiger partial charge in [-0.2, -0.15) is 0 Å². The van der Waals surface area contributed by atoms with Crippen molar-refractivity contribution in [3.8, 4) is 0 Å². The van der Waals surface area contributed by atoms with Crippen LogP contribution in [0.5, 0.6) is 0 Å². The van der Waals surface area contributed by atoms with Crippen LogP contribution in [0.25, 0.3) is 0 Å². The van der Waals surface area contributed by atoms with E-state index >= 15 is 0 Å². The highest BCUT2D eigenvalue weighted by Gasteiger charge is 2.24. The third kappa shape index (κ3) is 3.91. The summed E-state index contributed by atoms with van der Waals surface area (Å²) in [5, 5.41) is 2.99. The van der Waals surface area contributed by atoms with Gasteiger partial charge in [0.05, 0.1) is 0 Å². The molecule has 0 radical (unpaired) electrons. The molecule has 4 nitrogen and oxygen atoms in total. The molecular weight excluding hydrogens is 303 g/mol. The van der Waals surface area contributed by atoms with Crippen LogP contribution >= 0.6 is 11.6 Å². The molecule has 1 aromatic carbocycles. The van der Waals surface area contributed by atoms with Crippen LogP contribution in [-0.4, -0.2) is 22.0 Å². The summed E-state index contributed by atoms with van der Waals surface area (Å²) in [6, 6.07) is 2.58. The summed E-state index contributed by atoms with van der Waals surface area (Å²) in [7, 11) is -2.20. The largest absolute Gasteiger partial charge is 0.316 e. The van der Waals surface area contributed by atoms with Crippen LogP contribution in [-0.2, 0) is 16.6 Å². The highest BCUT2D eigenvalue weighted by Crippen LogP contribution is 2.32. The van der Waals surface area contributed by atoms with E-state index in [0.717, 1.165) is 25.3 Å². The van der Waals surface area contributed by atoms with Gasteiger partial charge in [-0.15, -0.1) is 0 Å². The average molecular weight is 321 g/mol. The Bertz CT molecular complexity index is 588. The van der Waals surface area contributed by atoms with E-state index in [1.807, 2.05) is 0 Å². The minimum atomic E-state index is -3.86. The summed E-state index contributed by atoms with van der Waals surface area (Å²) >= 11 is 5.87. The molecule has 0 aromatic heterocycles. The Balaban J connectivity index is 2.20. The molecule has 112 valence electrons. The van der Waals surface area contributed by atoms with Crippen molar-refractivity contribution in [1.82, 2.24) is 10.0 Å². The molecule has 7 heteroatoms. The Labute approximate surface area is 123 Å². The fourth-order valence-electron chi connectivity index (χ4n) is 2.01. The first kappa shape index (κ1) is 15.7. The summed E-state index contributed by atoms with van der Waals surface area (Å²) in [6.07, 6.45) is 3.10. The third-order valence-corrected chi connectivity index (χ3v) is 4.96. The number of benzene rings is 1. The molecule has 0 aliphatic heterocycles. The number of hydrogen-bond acceptors (Lipinski definition) is 3. The zero-order chi connectivity index (χ0) is 14.8. The smallest absolute Gasteiger partial charge is 0.243 e. The van der Waals surface area contributed by atoms with E-state index in [2.05, 4.69) is 10.0 Å². The second kappa shape index (κ2) is 6.39. The van der Waals surface area contributed by atoms with Gasteiger partial charge in [-0.05, 0) is 31.5 Å². The summed E-state index contributed by atoms with van der Waals surface area (Å²) in [5.74, 6) is -0.135. The first-order valence-electron chi connectivity index (χ1n) is 6.56. The second-order valence-corrected chi connectivity index (χ2v) is 7.21. The van der Waals surface area contributed by atoms with E-state index in [1.165, 1.54) is 6.07 Å². The van der Waals surface area contributed by atoms with Gasteiger partial charge in [0.15, 0.2) is 0 Å². The Kier molecular flexibility index (Phi) is 5.01. The summed E-state index contributed by atoms with van der Waals surface area (Å²) in [4.78, 5) is -0.383. The van der Waals surface area contributed by atoms with Crippen molar-refractivity contribution < 1.29 is 12.8 Å².